The summed E-state index contributed by atoms with van der Waals surface area (Å²) in [7, 11) is 0. The molecule has 0 radical (unpaired) electrons. The van der Waals surface area contributed by atoms with Gasteiger partial charge in [0.1, 0.15) is 11.0 Å². The third-order valence-corrected chi connectivity index (χ3v) is 3.57. The van der Waals surface area contributed by atoms with E-state index in [9.17, 15) is 0 Å². The number of hydrogen-bond acceptors (Lipinski definition) is 5. The number of halogens is 1. The van der Waals surface area contributed by atoms with Gasteiger partial charge in [-0.2, -0.15) is 0 Å². The Morgan fingerprint density at radius 1 is 0.913 bits per heavy atom. The predicted molar refractivity (Wildman–Crippen MR) is 88.3 cm³/mol. The van der Waals surface area contributed by atoms with Crippen LogP contribution in [0.5, 0.6) is 11.5 Å². The summed E-state index contributed by atoms with van der Waals surface area (Å²) < 4.78 is 10.7. The SMILES string of the molecule is Clc1cc(Nc2ccc3c(c2)OCO3)nc(-c2ccccc2)n1. The van der Waals surface area contributed by atoms with Gasteiger partial charge in [0.25, 0.3) is 0 Å². The highest BCUT2D eigenvalue weighted by Gasteiger charge is 2.14. The molecule has 1 aromatic heterocycles. The fourth-order valence-electron chi connectivity index (χ4n) is 2.32. The number of anilines is 2. The maximum atomic E-state index is 6.12. The van der Waals surface area contributed by atoms with E-state index in [2.05, 4.69) is 15.3 Å². The van der Waals surface area contributed by atoms with Gasteiger partial charge in [0.2, 0.25) is 6.79 Å². The lowest BCUT2D eigenvalue weighted by atomic mass is 10.2. The van der Waals surface area contributed by atoms with E-state index in [1.807, 2.05) is 48.5 Å². The summed E-state index contributed by atoms with van der Waals surface area (Å²) in [5.74, 6) is 2.63. The molecule has 3 aromatic rings. The second-order valence-corrected chi connectivity index (χ2v) is 5.35. The van der Waals surface area contributed by atoms with Crippen molar-refractivity contribution < 1.29 is 9.47 Å². The van der Waals surface area contributed by atoms with E-state index in [1.165, 1.54) is 0 Å². The van der Waals surface area contributed by atoms with Crippen LogP contribution in [0.15, 0.2) is 54.6 Å². The van der Waals surface area contributed by atoms with Crippen LogP contribution >= 0.6 is 11.6 Å². The Bertz CT molecular complexity index is 856. The van der Waals surface area contributed by atoms with Crippen LogP contribution in [0.1, 0.15) is 0 Å². The summed E-state index contributed by atoms with van der Waals surface area (Å²) in [5.41, 5.74) is 1.74. The second-order valence-electron chi connectivity index (χ2n) is 4.96. The Balaban J connectivity index is 1.65. The first-order chi connectivity index (χ1) is 11.3. The van der Waals surface area contributed by atoms with Crippen molar-refractivity contribution in [2.45, 2.75) is 0 Å². The Hall–Kier alpha value is -2.79. The summed E-state index contributed by atoms with van der Waals surface area (Å²) in [6.45, 7) is 0.246. The van der Waals surface area contributed by atoms with Crippen LogP contribution in [0, 0.1) is 0 Å². The second kappa shape index (κ2) is 5.78. The normalized spacial score (nSPS) is 12.2. The van der Waals surface area contributed by atoms with Gasteiger partial charge in [-0.15, -0.1) is 0 Å². The lowest BCUT2D eigenvalue weighted by Gasteiger charge is -2.09. The number of aromatic nitrogens is 2. The van der Waals surface area contributed by atoms with Crippen molar-refractivity contribution in [1.82, 2.24) is 9.97 Å². The molecule has 2 aromatic carbocycles. The first kappa shape index (κ1) is 13.8. The van der Waals surface area contributed by atoms with E-state index in [0.717, 1.165) is 17.0 Å². The number of nitrogens with one attached hydrogen (secondary N) is 1. The molecule has 0 spiro atoms. The van der Waals surface area contributed by atoms with E-state index >= 15 is 0 Å². The van der Waals surface area contributed by atoms with Crippen molar-refractivity contribution in [3.8, 4) is 22.9 Å². The lowest BCUT2D eigenvalue weighted by Crippen LogP contribution is -1.97. The van der Waals surface area contributed by atoms with Crippen molar-refractivity contribution >= 4 is 23.1 Å². The Kier molecular flexibility index (Phi) is 3.48. The lowest BCUT2D eigenvalue weighted by molar-refractivity contribution is 0.174. The monoisotopic (exact) mass is 325 g/mol. The van der Waals surface area contributed by atoms with Gasteiger partial charge in [0, 0.05) is 23.4 Å². The van der Waals surface area contributed by atoms with Crippen molar-refractivity contribution in [2.24, 2.45) is 0 Å². The van der Waals surface area contributed by atoms with Crippen molar-refractivity contribution in [1.29, 1.82) is 0 Å². The van der Waals surface area contributed by atoms with Gasteiger partial charge in [-0.25, -0.2) is 9.97 Å². The van der Waals surface area contributed by atoms with Crippen LogP contribution in [-0.4, -0.2) is 16.8 Å². The quantitative estimate of drug-likeness (QED) is 0.729. The molecule has 114 valence electrons. The van der Waals surface area contributed by atoms with Gasteiger partial charge < -0.3 is 14.8 Å². The third kappa shape index (κ3) is 2.91. The maximum absolute atomic E-state index is 6.12. The van der Waals surface area contributed by atoms with E-state index in [-0.39, 0.29) is 6.79 Å². The molecule has 2 heterocycles. The van der Waals surface area contributed by atoms with E-state index in [1.54, 1.807) is 6.07 Å². The van der Waals surface area contributed by atoms with Gasteiger partial charge in [0.15, 0.2) is 17.3 Å². The van der Waals surface area contributed by atoms with Gasteiger partial charge >= 0.3 is 0 Å². The maximum Gasteiger partial charge on any atom is 0.231 e. The number of ether oxygens (including phenoxy) is 2. The van der Waals surface area contributed by atoms with Crippen LogP contribution in [0.4, 0.5) is 11.5 Å². The molecule has 1 aliphatic rings. The smallest absolute Gasteiger partial charge is 0.231 e. The molecule has 0 saturated heterocycles. The van der Waals surface area contributed by atoms with Crippen molar-refractivity contribution in [3.05, 3.63) is 59.8 Å². The zero-order valence-corrected chi connectivity index (χ0v) is 12.7. The highest BCUT2D eigenvalue weighted by Crippen LogP contribution is 2.35. The fraction of sp³-hybridized carbons (Fsp3) is 0.0588. The number of rotatable bonds is 3. The minimum absolute atomic E-state index is 0.246. The van der Waals surface area contributed by atoms with Crippen molar-refractivity contribution in [3.63, 3.8) is 0 Å². The van der Waals surface area contributed by atoms with Crippen LogP contribution < -0.4 is 14.8 Å². The molecule has 0 fully saturated rings. The summed E-state index contributed by atoms with van der Waals surface area (Å²) in [4.78, 5) is 8.79. The summed E-state index contributed by atoms with van der Waals surface area (Å²) in [6, 6.07) is 17.0. The number of benzene rings is 2. The third-order valence-electron chi connectivity index (χ3n) is 3.37. The van der Waals surface area contributed by atoms with Gasteiger partial charge in [-0.3, -0.25) is 0 Å². The minimum atomic E-state index is 0.246. The molecule has 0 unspecified atom stereocenters. The van der Waals surface area contributed by atoms with Crippen molar-refractivity contribution in [2.75, 3.05) is 12.1 Å². The Morgan fingerprint density at radius 2 is 1.74 bits per heavy atom. The summed E-state index contributed by atoms with van der Waals surface area (Å²) in [5, 5.41) is 3.59. The summed E-state index contributed by atoms with van der Waals surface area (Å²) >= 11 is 6.12. The molecule has 0 aliphatic carbocycles. The Labute approximate surface area is 137 Å². The molecule has 1 N–H and O–H groups in total. The number of hydrogen-bond donors (Lipinski definition) is 1. The largest absolute Gasteiger partial charge is 0.454 e. The Morgan fingerprint density at radius 3 is 2.61 bits per heavy atom. The van der Waals surface area contributed by atoms with Gasteiger partial charge in [-0.05, 0) is 12.1 Å². The zero-order chi connectivity index (χ0) is 15.6. The molecule has 5 nitrogen and oxygen atoms in total. The molecule has 0 amide bonds. The predicted octanol–water partition coefficient (Wildman–Crippen LogP) is 4.27. The zero-order valence-electron chi connectivity index (χ0n) is 12.0. The molecule has 6 heteroatoms. The first-order valence-corrected chi connectivity index (χ1v) is 7.42. The van der Waals surface area contributed by atoms with Gasteiger partial charge in [-0.1, -0.05) is 41.9 Å². The van der Waals surface area contributed by atoms with E-state index in [4.69, 9.17) is 21.1 Å². The number of fused-ring (bicyclic) bond motifs is 1. The molecule has 0 bridgehead atoms. The molecule has 23 heavy (non-hydrogen) atoms. The van der Waals surface area contributed by atoms with Gasteiger partial charge in [0.05, 0.1) is 0 Å². The average molecular weight is 326 g/mol. The van der Waals surface area contributed by atoms with Crippen LogP contribution in [0.3, 0.4) is 0 Å². The molecule has 4 rings (SSSR count). The fourth-order valence-corrected chi connectivity index (χ4v) is 2.50. The summed E-state index contributed by atoms with van der Waals surface area (Å²) in [6.07, 6.45) is 0. The first-order valence-electron chi connectivity index (χ1n) is 7.05. The molecular formula is C17H12ClN3O2. The highest BCUT2D eigenvalue weighted by molar-refractivity contribution is 6.29. The van der Waals surface area contributed by atoms with Crippen LogP contribution in [0.25, 0.3) is 11.4 Å². The molecule has 0 saturated carbocycles. The van der Waals surface area contributed by atoms with Crippen LogP contribution in [0.2, 0.25) is 5.15 Å². The van der Waals surface area contributed by atoms with E-state index < -0.39 is 0 Å². The molecule has 0 atom stereocenters. The van der Waals surface area contributed by atoms with E-state index in [0.29, 0.717) is 22.5 Å². The minimum Gasteiger partial charge on any atom is -0.454 e. The highest BCUT2D eigenvalue weighted by atomic mass is 35.5. The molecular weight excluding hydrogens is 314 g/mol. The number of nitrogens with zero attached hydrogens (tertiary/aromatic N) is 2. The average Bonchev–Trinajstić information content (AvgIpc) is 3.03. The standard InChI is InChI=1S/C17H12ClN3O2/c18-15-9-16(21-17(20-15)11-4-2-1-3-5-11)19-12-6-7-13-14(8-12)23-10-22-13/h1-9H,10H2,(H,19,20,21). The molecule has 1 aliphatic heterocycles. The topological polar surface area (TPSA) is 56.3 Å². The van der Waals surface area contributed by atoms with Crippen LogP contribution in [-0.2, 0) is 0 Å².